The molecule has 0 radical (unpaired) electrons. The number of hydrogen-bond acceptors (Lipinski definition) is 4. The first-order chi connectivity index (χ1) is 6.86. The Kier molecular flexibility index (Phi) is 3.06. The Morgan fingerprint density at radius 1 is 1.33 bits per heavy atom. The third-order valence-electron chi connectivity index (χ3n) is 1.68. The molecule has 0 fully saturated rings. The highest BCUT2D eigenvalue weighted by Crippen LogP contribution is 2.35. The number of halogens is 3. The van der Waals surface area contributed by atoms with Gasteiger partial charge in [0.15, 0.2) is 0 Å². The topological polar surface area (TPSA) is 52.9 Å². The van der Waals surface area contributed by atoms with Crippen LogP contribution in [0.2, 0.25) is 0 Å². The van der Waals surface area contributed by atoms with Crippen molar-refractivity contribution >= 4 is 5.69 Å². The first kappa shape index (κ1) is 11.6. The first-order valence-electron chi connectivity index (χ1n) is 3.79. The fraction of sp³-hybridized carbons (Fsp3) is 0.250. The molecule has 0 saturated carbocycles. The van der Waals surface area contributed by atoms with Crippen molar-refractivity contribution in [3.8, 4) is 5.75 Å². The molecule has 1 aromatic rings. The maximum Gasteiger partial charge on any atom is 0.416 e. The molecule has 4 nitrogen and oxygen atoms in total. The minimum atomic E-state index is -4.54. The average molecular weight is 223 g/mol. The smallest absolute Gasteiger partial charge is 0.416 e. The highest BCUT2D eigenvalue weighted by molar-refractivity contribution is 5.56. The minimum absolute atomic E-state index is 0.0462. The van der Waals surface area contributed by atoms with Crippen LogP contribution < -0.4 is 5.23 Å². The van der Waals surface area contributed by atoms with Gasteiger partial charge >= 0.3 is 6.18 Å². The van der Waals surface area contributed by atoms with Crippen LogP contribution in [0.3, 0.4) is 0 Å². The lowest BCUT2D eigenvalue weighted by molar-refractivity contribution is -0.137. The molecule has 7 heteroatoms. The van der Waals surface area contributed by atoms with Crippen LogP contribution in [0, 0.1) is 0 Å². The summed E-state index contributed by atoms with van der Waals surface area (Å²) in [6.07, 6.45) is -4.54. The zero-order valence-electron chi connectivity index (χ0n) is 7.62. The van der Waals surface area contributed by atoms with Crippen LogP contribution >= 0.6 is 0 Å². The second-order valence-corrected chi connectivity index (χ2v) is 2.66. The van der Waals surface area contributed by atoms with Crippen LogP contribution in [0.5, 0.6) is 5.75 Å². The minimum Gasteiger partial charge on any atom is -0.506 e. The largest absolute Gasteiger partial charge is 0.506 e. The molecule has 0 aliphatic heterocycles. The molecular weight excluding hydrogens is 215 g/mol. The summed E-state index contributed by atoms with van der Waals surface area (Å²) in [4.78, 5) is 4.25. The van der Waals surface area contributed by atoms with Gasteiger partial charge in [0.25, 0.3) is 0 Å². The van der Waals surface area contributed by atoms with Crippen molar-refractivity contribution in [1.82, 2.24) is 0 Å². The van der Waals surface area contributed by atoms with Crippen molar-refractivity contribution in [3.05, 3.63) is 23.8 Å². The van der Waals surface area contributed by atoms with Crippen molar-refractivity contribution in [2.75, 3.05) is 12.3 Å². The van der Waals surface area contributed by atoms with Gasteiger partial charge in [-0.3, -0.25) is 10.0 Å². The van der Waals surface area contributed by atoms with Gasteiger partial charge in [-0.05, 0) is 18.2 Å². The molecule has 0 aliphatic carbocycles. The summed E-state index contributed by atoms with van der Waals surface area (Å²) in [6, 6.07) is 2.08. The summed E-state index contributed by atoms with van der Waals surface area (Å²) in [6.45, 7) is 0. The van der Waals surface area contributed by atoms with E-state index in [1.165, 1.54) is 0 Å². The molecule has 0 saturated heterocycles. The Hall–Kier alpha value is -1.47. The predicted octanol–water partition coefficient (Wildman–Crippen LogP) is 2.17. The summed E-state index contributed by atoms with van der Waals surface area (Å²) in [5.41, 5.74) is -1.47. The molecule has 15 heavy (non-hydrogen) atoms. The number of benzene rings is 1. The van der Waals surface area contributed by atoms with E-state index in [1.807, 2.05) is 0 Å². The standard InChI is InChI=1S/C8H8F3NO3/c1-15-12(14)6-4-5(8(9,10)11)2-3-7(6)13/h2-4,13-14H,1H3. The van der Waals surface area contributed by atoms with Crippen LogP contribution in [0.4, 0.5) is 18.9 Å². The van der Waals surface area contributed by atoms with E-state index in [0.717, 1.165) is 13.2 Å². The zero-order valence-corrected chi connectivity index (χ0v) is 7.62. The molecule has 1 aromatic carbocycles. The van der Waals surface area contributed by atoms with E-state index in [9.17, 15) is 13.2 Å². The van der Waals surface area contributed by atoms with Crippen molar-refractivity contribution < 1.29 is 28.3 Å². The quantitative estimate of drug-likeness (QED) is 0.754. The number of rotatable bonds is 2. The van der Waals surface area contributed by atoms with E-state index in [2.05, 4.69) is 4.84 Å². The number of alkyl halides is 3. The number of phenols is 1. The van der Waals surface area contributed by atoms with Gasteiger partial charge < -0.3 is 5.11 Å². The molecule has 0 bridgehead atoms. The molecule has 2 N–H and O–H groups in total. The second kappa shape index (κ2) is 3.95. The van der Waals surface area contributed by atoms with Crippen molar-refractivity contribution in [2.45, 2.75) is 6.18 Å². The lowest BCUT2D eigenvalue weighted by atomic mass is 10.2. The molecule has 0 atom stereocenters. The van der Waals surface area contributed by atoms with Crippen molar-refractivity contribution in [1.29, 1.82) is 0 Å². The maximum absolute atomic E-state index is 12.2. The van der Waals surface area contributed by atoms with Crippen molar-refractivity contribution in [3.63, 3.8) is 0 Å². The molecule has 0 spiro atoms. The van der Waals surface area contributed by atoms with Crippen LogP contribution in [-0.4, -0.2) is 17.4 Å². The Bertz CT molecular complexity index is 353. The number of hydrogen-bond donors (Lipinski definition) is 2. The van der Waals surface area contributed by atoms with E-state index < -0.39 is 23.2 Å². The third-order valence-corrected chi connectivity index (χ3v) is 1.68. The van der Waals surface area contributed by atoms with Crippen molar-refractivity contribution in [2.24, 2.45) is 0 Å². The van der Waals surface area contributed by atoms with Crippen LogP contribution in [0.15, 0.2) is 18.2 Å². The van der Waals surface area contributed by atoms with E-state index in [4.69, 9.17) is 10.3 Å². The lowest BCUT2D eigenvalue weighted by Crippen LogP contribution is -2.17. The van der Waals surface area contributed by atoms with E-state index in [-0.39, 0.29) is 5.23 Å². The van der Waals surface area contributed by atoms with Crippen LogP contribution in [-0.2, 0) is 11.0 Å². The maximum atomic E-state index is 12.2. The molecule has 0 heterocycles. The van der Waals surface area contributed by atoms with E-state index in [0.29, 0.717) is 12.1 Å². The molecule has 0 aromatic heterocycles. The Balaban J connectivity index is 3.17. The lowest BCUT2D eigenvalue weighted by Gasteiger charge is -2.16. The molecular formula is C8H8F3NO3. The molecule has 1 rings (SSSR count). The Morgan fingerprint density at radius 2 is 1.93 bits per heavy atom. The number of aromatic hydroxyl groups is 1. The van der Waals surface area contributed by atoms with Crippen LogP contribution in [0.1, 0.15) is 5.56 Å². The number of phenolic OH excluding ortho intramolecular Hbond substituents is 1. The van der Waals surface area contributed by atoms with Gasteiger partial charge in [0.1, 0.15) is 11.4 Å². The second-order valence-electron chi connectivity index (χ2n) is 2.66. The normalized spacial score (nSPS) is 11.5. The Labute approximate surface area is 83.0 Å². The molecule has 0 aliphatic rings. The summed E-state index contributed by atoms with van der Waals surface area (Å²) in [5.74, 6) is -0.521. The zero-order chi connectivity index (χ0) is 11.6. The van der Waals surface area contributed by atoms with Gasteiger partial charge in [0.05, 0.1) is 12.7 Å². The number of anilines is 1. The third kappa shape index (κ3) is 2.51. The summed E-state index contributed by atoms with van der Waals surface area (Å²) in [7, 11) is 1.04. The molecule has 0 unspecified atom stereocenters. The molecule has 84 valence electrons. The SMILES string of the molecule is CON(O)c1cc(C(F)(F)F)ccc1O. The highest BCUT2D eigenvalue weighted by atomic mass is 19.4. The first-order valence-corrected chi connectivity index (χ1v) is 3.79. The highest BCUT2D eigenvalue weighted by Gasteiger charge is 2.31. The van der Waals surface area contributed by atoms with E-state index >= 15 is 0 Å². The van der Waals surface area contributed by atoms with Gasteiger partial charge in [0.2, 0.25) is 0 Å². The van der Waals surface area contributed by atoms with Gasteiger partial charge in [0, 0.05) is 0 Å². The van der Waals surface area contributed by atoms with E-state index in [1.54, 1.807) is 0 Å². The summed E-state index contributed by atoms with van der Waals surface area (Å²) in [5, 5.41) is 18.2. The van der Waals surface area contributed by atoms with Crippen LogP contribution in [0.25, 0.3) is 0 Å². The molecule has 0 amide bonds. The van der Waals surface area contributed by atoms with Gasteiger partial charge in [-0.2, -0.15) is 13.2 Å². The van der Waals surface area contributed by atoms with Gasteiger partial charge in [-0.15, -0.1) is 5.23 Å². The fourth-order valence-corrected chi connectivity index (χ4v) is 0.951. The fourth-order valence-electron chi connectivity index (χ4n) is 0.951. The Morgan fingerprint density at radius 3 is 2.40 bits per heavy atom. The average Bonchev–Trinajstić information content (AvgIpc) is 2.15. The summed E-state index contributed by atoms with van der Waals surface area (Å²) < 4.78 is 36.7. The summed E-state index contributed by atoms with van der Waals surface area (Å²) >= 11 is 0. The number of nitrogens with zero attached hydrogens (tertiary/aromatic N) is 1. The van der Waals surface area contributed by atoms with Gasteiger partial charge in [-0.25, -0.2) is 0 Å². The monoisotopic (exact) mass is 223 g/mol. The predicted molar refractivity (Wildman–Crippen MR) is 44.4 cm³/mol. The van der Waals surface area contributed by atoms with Gasteiger partial charge in [-0.1, -0.05) is 0 Å².